The number of aliphatic hydroxyl groups is 2. The van der Waals surface area contributed by atoms with Crippen molar-refractivity contribution in [1.29, 1.82) is 0 Å². The summed E-state index contributed by atoms with van der Waals surface area (Å²) in [7, 11) is 2.41. The van der Waals surface area contributed by atoms with Crippen molar-refractivity contribution in [3.8, 4) is 0 Å². The van der Waals surface area contributed by atoms with Crippen molar-refractivity contribution in [1.82, 2.24) is 0 Å². The van der Waals surface area contributed by atoms with Crippen molar-refractivity contribution in [2.24, 2.45) is 28.1 Å². The minimum Gasteiger partial charge on any atom is -0.472 e. The summed E-state index contributed by atoms with van der Waals surface area (Å²) in [5, 5.41) is 26.4. The summed E-state index contributed by atoms with van der Waals surface area (Å²) in [5.74, 6) is -8.08. The predicted octanol–water partition coefficient (Wildman–Crippen LogP) is 2.81. The Labute approximate surface area is 330 Å². The largest absolute Gasteiger partial charge is 0.472 e. The zero-order valence-electron chi connectivity index (χ0n) is 34.0. The third-order valence-electron chi connectivity index (χ3n) is 14.6. The molecule has 3 saturated carbocycles. The third-order valence-corrected chi connectivity index (χ3v) is 14.6. The van der Waals surface area contributed by atoms with Crippen LogP contribution in [0.15, 0.2) is 23.0 Å². The monoisotopic (exact) mass is 806 g/mol. The van der Waals surface area contributed by atoms with Gasteiger partial charge in [-0.3, -0.25) is 19.2 Å². The van der Waals surface area contributed by atoms with Crippen LogP contribution in [-0.2, 0) is 66.6 Å². The standard InChI is InChI=1S/C40H54O17/c1-11-26(43)52-32-29(46)31(53-33(47)37(7)19(2)54-37)35(5)17-25-36(6,22(35)14-27(44)48-9)40-24(42)16-34(4,30(51-20(3)41)21-12-13-50-18-21)23(15-28(45)49-10)39(32,40)56-38(8,55-25)57-40/h12-13,18-19,22-25,29-32,42,46H,11,14-17H2,1-10H3/t19?,22-,23+,24+,25?,29-,30-,31+,32+,34+,35+,36+,37?,38?,39+,40-/m0/s1. The van der Waals surface area contributed by atoms with Gasteiger partial charge in [0.05, 0.1) is 51.5 Å². The van der Waals surface area contributed by atoms with Gasteiger partial charge in [-0.15, -0.1) is 0 Å². The van der Waals surface area contributed by atoms with E-state index in [0.717, 1.165) is 0 Å². The highest BCUT2D eigenvalue weighted by Gasteiger charge is 2.92. The maximum absolute atomic E-state index is 14.1. The molecule has 4 heterocycles. The van der Waals surface area contributed by atoms with E-state index in [2.05, 4.69) is 0 Å². The van der Waals surface area contributed by atoms with E-state index in [4.69, 9.17) is 47.0 Å². The summed E-state index contributed by atoms with van der Waals surface area (Å²) >= 11 is 0. The van der Waals surface area contributed by atoms with E-state index >= 15 is 0 Å². The van der Waals surface area contributed by atoms with E-state index in [9.17, 15) is 34.2 Å². The van der Waals surface area contributed by atoms with E-state index < -0.39 is 130 Å². The summed E-state index contributed by atoms with van der Waals surface area (Å²) in [6.07, 6.45) is -8.29. The van der Waals surface area contributed by atoms with Crippen molar-refractivity contribution in [2.45, 2.75) is 153 Å². The van der Waals surface area contributed by atoms with Gasteiger partial charge >= 0.3 is 29.8 Å². The van der Waals surface area contributed by atoms with Gasteiger partial charge in [0, 0.05) is 54.4 Å². The molecular formula is C40H54O17. The number of rotatable bonds is 11. The lowest BCUT2D eigenvalue weighted by Crippen LogP contribution is -2.84. The molecule has 17 nitrogen and oxygen atoms in total. The van der Waals surface area contributed by atoms with Gasteiger partial charge in [-0.25, -0.2) is 4.79 Å². The number of epoxide rings is 1. The molecule has 4 bridgehead atoms. The topological polar surface area (TPSA) is 225 Å². The number of hydrogen-bond donors (Lipinski definition) is 2. The van der Waals surface area contributed by atoms with Gasteiger partial charge in [-0.1, -0.05) is 27.7 Å². The lowest BCUT2D eigenvalue weighted by molar-refractivity contribution is -0.416. The number of esters is 5. The van der Waals surface area contributed by atoms with Gasteiger partial charge in [-0.2, -0.15) is 0 Å². The van der Waals surface area contributed by atoms with Gasteiger partial charge < -0.3 is 57.3 Å². The second kappa shape index (κ2) is 13.5. The fourth-order valence-corrected chi connectivity index (χ4v) is 11.9. The lowest BCUT2D eigenvalue weighted by Gasteiger charge is -2.69. The zero-order chi connectivity index (χ0) is 41.9. The molecule has 0 radical (unpaired) electrons. The van der Waals surface area contributed by atoms with Gasteiger partial charge in [0.1, 0.15) is 29.5 Å². The van der Waals surface area contributed by atoms with E-state index in [1.54, 1.807) is 47.6 Å². The Morgan fingerprint density at radius 1 is 0.877 bits per heavy atom. The highest BCUT2D eigenvalue weighted by atomic mass is 16.9. The maximum Gasteiger partial charge on any atom is 0.341 e. The molecule has 1 aromatic heterocycles. The average Bonchev–Trinajstić information content (AvgIpc) is 3.46. The molecule has 3 aliphatic carbocycles. The molecule has 3 aliphatic heterocycles. The van der Waals surface area contributed by atoms with Crippen LogP contribution < -0.4 is 0 Å². The van der Waals surface area contributed by atoms with Crippen LogP contribution in [0.3, 0.4) is 0 Å². The molecule has 6 fully saturated rings. The third kappa shape index (κ3) is 5.51. The first-order valence-corrected chi connectivity index (χ1v) is 19.4. The first-order chi connectivity index (χ1) is 26.6. The first-order valence-electron chi connectivity index (χ1n) is 19.4. The molecule has 4 unspecified atom stereocenters. The van der Waals surface area contributed by atoms with E-state index in [1.807, 2.05) is 0 Å². The molecule has 16 atom stereocenters. The van der Waals surface area contributed by atoms with Crippen molar-refractivity contribution in [2.75, 3.05) is 14.2 Å². The number of fused-ring (bicyclic) bond motifs is 2. The highest BCUT2D eigenvalue weighted by Crippen LogP contribution is 2.79. The molecule has 0 aromatic carbocycles. The molecule has 0 amide bonds. The zero-order valence-corrected chi connectivity index (χ0v) is 34.0. The Balaban J connectivity index is 1.59. The smallest absolute Gasteiger partial charge is 0.341 e. The van der Waals surface area contributed by atoms with Crippen LogP contribution in [0.5, 0.6) is 0 Å². The molecule has 17 heteroatoms. The predicted molar refractivity (Wildman–Crippen MR) is 189 cm³/mol. The van der Waals surface area contributed by atoms with Gasteiger partial charge in [0.15, 0.2) is 11.7 Å². The van der Waals surface area contributed by atoms with Gasteiger partial charge in [0.2, 0.25) is 0 Å². The van der Waals surface area contributed by atoms with Crippen molar-refractivity contribution < 1.29 is 81.2 Å². The Bertz CT molecular complexity index is 1820. The molecular weight excluding hydrogens is 752 g/mol. The number of carbonyl (C=O) groups excluding carboxylic acids is 5. The minimum atomic E-state index is -2.32. The van der Waals surface area contributed by atoms with Crippen LogP contribution in [-0.4, -0.2) is 114 Å². The molecule has 1 spiro atoms. The second-order valence-electron chi connectivity index (χ2n) is 17.6. The summed E-state index contributed by atoms with van der Waals surface area (Å²) in [5.41, 5.74) is -9.85. The lowest BCUT2D eigenvalue weighted by atomic mass is 9.40. The van der Waals surface area contributed by atoms with Gasteiger partial charge in [-0.05, 0) is 38.7 Å². The number of carbonyl (C=O) groups is 5. The quantitative estimate of drug-likeness (QED) is 0.186. The summed E-state index contributed by atoms with van der Waals surface area (Å²) in [4.78, 5) is 68.3. The minimum absolute atomic E-state index is 0.0264. The molecule has 6 aliphatic rings. The SMILES string of the molecule is CCC(=O)O[C@@H]1[C@@H](O)[C@@H](OC(=O)C2(C)OC2C)[C@]2(C)CC3OC4(C)O[C@]15[C@H](CC(=O)OC)[C@](C)([C@@H](OC(C)=O)c1ccoc1)C[C@@H](O)[C@]5(O4)[C@]3(C)[C@H]2CC(=O)OC. The molecule has 3 saturated heterocycles. The van der Waals surface area contributed by atoms with Crippen molar-refractivity contribution >= 4 is 29.8 Å². The fraction of sp³-hybridized carbons (Fsp3) is 0.775. The highest BCUT2D eigenvalue weighted by molar-refractivity contribution is 5.83. The molecule has 7 rings (SSSR count). The number of furan rings is 1. The van der Waals surface area contributed by atoms with Crippen LogP contribution in [0.4, 0.5) is 0 Å². The Hall–Kier alpha value is -3.61. The number of hydrogen-bond acceptors (Lipinski definition) is 17. The molecule has 2 N–H and O–H groups in total. The molecule has 57 heavy (non-hydrogen) atoms. The van der Waals surface area contributed by atoms with Crippen molar-refractivity contribution in [3.63, 3.8) is 0 Å². The molecule has 316 valence electrons. The normalized spacial score (nSPS) is 46.8. The summed E-state index contributed by atoms with van der Waals surface area (Å²) in [6.45, 7) is 12.7. The summed E-state index contributed by atoms with van der Waals surface area (Å²) in [6, 6.07) is 1.57. The van der Waals surface area contributed by atoms with Crippen LogP contribution in [0.2, 0.25) is 0 Å². The second-order valence-corrected chi connectivity index (χ2v) is 17.6. The number of ether oxygens (including phenoxy) is 9. The Kier molecular flexibility index (Phi) is 9.81. The number of aliphatic hydroxyl groups excluding tert-OH is 2. The first kappa shape index (κ1) is 41.5. The number of methoxy groups -OCH3 is 2. The van der Waals surface area contributed by atoms with E-state index in [-0.39, 0.29) is 25.7 Å². The Morgan fingerprint density at radius 2 is 1.51 bits per heavy atom. The van der Waals surface area contributed by atoms with Crippen molar-refractivity contribution in [3.05, 3.63) is 24.2 Å². The van der Waals surface area contributed by atoms with Gasteiger partial charge in [0.25, 0.3) is 5.97 Å². The average molecular weight is 807 g/mol. The van der Waals surface area contributed by atoms with Crippen LogP contribution >= 0.6 is 0 Å². The molecule has 1 aromatic rings. The van der Waals surface area contributed by atoms with E-state index in [0.29, 0.717) is 5.56 Å². The van der Waals surface area contributed by atoms with E-state index in [1.165, 1.54) is 40.6 Å². The summed E-state index contributed by atoms with van der Waals surface area (Å²) < 4.78 is 61.2. The van der Waals surface area contributed by atoms with Crippen LogP contribution in [0.1, 0.15) is 99.2 Å². The van der Waals surface area contributed by atoms with Crippen LogP contribution in [0, 0.1) is 28.1 Å². The maximum atomic E-state index is 14.1. The fourth-order valence-electron chi connectivity index (χ4n) is 11.9. The van der Waals surface area contributed by atoms with Crippen LogP contribution in [0.25, 0.3) is 0 Å². The Morgan fingerprint density at radius 3 is 2.05 bits per heavy atom.